The maximum atomic E-state index is 12.7. The van der Waals surface area contributed by atoms with Crippen LogP contribution in [0.4, 0.5) is 5.95 Å². The molecule has 3 heterocycles. The second-order valence-corrected chi connectivity index (χ2v) is 6.07. The average Bonchev–Trinajstić information content (AvgIpc) is 3.37. The van der Waals surface area contributed by atoms with E-state index in [9.17, 15) is 14.4 Å². The van der Waals surface area contributed by atoms with Crippen LogP contribution in [0.25, 0.3) is 0 Å². The Hall–Kier alpha value is -3.44. The molecule has 1 fully saturated rings. The fourth-order valence-electron chi connectivity index (χ4n) is 2.96. The topological polar surface area (TPSA) is 161 Å². The van der Waals surface area contributed by atoms with Gasteiger partial charge in [-0.2, -0.15) is 0 Å². The maximum absolute atomic E-state index is 12.7. The Bertz CT molecular complexity index is 818. The van der Waals surface area contributed by atoms with Gasteiger partial charge in [-0.25, -0.2) is 4.68 Å². The summed E-state index contributed by atoms with van der Waals surface area (Å²) >= 11 is 0. The van der Waals surface area contributed by atoms with Gasteiger partial charge in [0.2, 0.25) is 17.8 Å². The Labute approximate surface area is 154 Å². The van der Waals surface area contributed by atoms with Crippen LogP contribution in [0.1, 0.15) is 23.7 Å². The van der Waals surface area contributed by atoms with Gasteiger partial charge in [-0.15, -0.1) is 0 Å². The molecule has 0 spiro atoms. The summed E-state index contributed by atoms with van der Waals surface area (Å²) in [4.78, 5) is 38.7. The number of aromatic nitrogens is 4. The van der Waals surface area contributed by atoms with Crippen molar-refractivity contribution in [2.75, 3.05) is 18.8 Å². The minimum absolute atomic E-state index is 0.00178. The van der Waals surface area contributed by atoms with Gasteiger partial charge >= 0.3 is 0 Å². The monoisotopic (exact) mass is 376 g/mol. The summed E-state index contributed by atoms with van der Waals surface area (Å²) in [6.07, 6.45) is 3.02. The van der Waals surface area contributed by atoms with Gasteiger partial charge in [0.15, 0.2) is 0 Å². The highest BCUT2D eigenvalue weighted by Gasteiger charge is 2.40. The molecule has 1 aliphatic heterocycles. The molecule has 4 N–H and O–H groups in total. The van der Waals surface area contributed by atoms with Gasteiger partial charge in [-0.05, 0) is 29.8 Å². The number of anilines is 1. The molecule has 0 radical (unpaired) electrons. The highest BCUT2D eigenvalue weighted by molar-refractivity contribution is 5.94. The van der Waals surface area contributed by atoms with E-state index in [0.29, 0.717) is 18.5 Å². The Morgan fingerprint density at radius 3 is 2.85 bits per heavy atom. The number of furan rings is 1. The number of carbonyl (C=O) groups excluding carboxylic acids is 3. The van der Waals surface area contributed by atoms with Crippen molar-refractivity contribution >= 4 is 23.7 Å². The first-order chi connectivity index (χ1) is 13.0. The third-order valence-corrected chi connectivity index (χ3v) is 4.24. The second kappa shape index (κ2) is 7.85. The zero-order chi connectivity index (χ0) is 19.4. The molecule has 2 atom stereocenters. The molecule has 12 heteroatoms. The van der Waals surface area contributed by atoms with Crippen LogP contribution < -0.4 is 16.4 Å². The van der Waals surface area contributed by atoms with Crippen molar-refractivity contribution < 1.29 is 18.8 Å². The van der Waals surface area contributed by atoms with Crippen LogP contribution in [-0.2, 0) is 16.1 Å². The van der Waals surface area contributed by atoms with Gasteiger partial charge in [0.25, 0.3) is 5.91 Å². The maximum Gasteiger partial charge on any atom is 0.254 e. The zero-order valence-corrected chi connectivity index (χ0v) is 14.7. The van der Waals surface area contributed by atoms with Crippen LogP contribution in [0.15, 0.2) is 23.0 Å². The second-order valence-electron chi connectivity index (χ2n) is 6.07. The van der Waals surface area contributed by atoms with Crippen molar-refractivity contribution in [2.24, 2.45) is 0 Å². The summed E-state index contributed by atoms with van der Waals surface area (Å²) in [6.45, 7) is 2.21. The van der Waals surface area contributed by atoms with Gasteiger partial charge in [0.05, 0.1) is 11.8 Å². The molecule has 2 aromatic heterocycles. The minimum Gasteiger partial charge on any atom is -0.472 e. The molecule has 0 aliphatic carbocycles. The average molecular weight is 376 g/mol. The third kappa shape index (κ3) is 4.04. The third-order valence-electron chi connectivity index (χ3n) is 4.24. The van der Waals surface area contributed by atoms with Crippen molar-refractivity contribution in [1.82, 2.24) is 35.7 Å². The SMILES string of the molecule is CCNC(=O)[C@@H]1C[C@@H](NC(=O)c2ccoc2)CN1C(=O)Cn1nnnc1N. The van der Waals surface area contributed by atoms with E-state index in [1.165, 1.54) is 23.5 Å². The van der Waals surface area contributed by atoms with Crippen LogP contribution in [0.3, 0.4) is 0 Å². The Kier molecular flexibility index (Phi) is 5.33. The number of nitrogens with one attached hydrogen (secondary N) is 2. The molecule has 3 rings (SSSR count). The number of amides is 3. The molecule has 0 saturated carbocycles. The van der Waals surface area contributed by atoms with E-state index in [2.05, 4.69) is 26.2 Å². The summed E-state index contributed by atoms with van der Waals surface area (Å²) in [6, 6.07) is 0.453. The molecule has 27 heavy (non-hydrogen) atoms. The molecule has 144 valence electrons. The predicted octanol–water partition coefficient (Wildman–Crippen LogP) is -1.62. The number of carbonyl (C=O) groups is 3. The fourth-order valence-corrected chi connectivity index (χ4v) is 2.96. The molecule has 2 aromatic rings. The quantitative estimate of drug-likeness (QED) is 0.542. The molecule has 1 saturated heterocycles. The summed E-state index contributed by atoms with van der Waals surface area (Å²) in [5.74, 6) is -0.981. The number of nitrogen functional groups attached to an aromatic ring is 1. The van der Waals surface area contributed by atoms with E-state index < -0.39 is 6.04 Å². The van der Waals surface area contributed by atoms with E-state index in [-0.39, 0.29) is 42.8 Å². The van der Waals surface area contributed by atoms with E-state index in [4.69, 9.17) is 10.2 Å². The first-order valence-corrected chi connectivity index (χ1v) is 8.41. The normalized spacial score (nSPS) is 19.1. The molecular formula is C15H20N8O4. The van der Waals surface area contributed by atoms with Crippen molar-refractivity contribution in [3.05, 3.63) is 24.2 Å². The summed E-state index contributed by atoms with van der Waals surface area (Å²) in [7, 11) is 0. The molecule has 0 bridgehead atoms. The van der Waals surface area contributed by atoms with Crippen LogP contribution in [0.5, 0.6) is 0 Å². The van der Waals surface area contributed by atoms with Crippen LogP contribution in [0.2, 0.25) is 0 Å². The Morgan fingerprint density at radius 1 is 1.41 bits per heavy atom. The van der Waals surface area contributed by atoms with Crippen molar-refractivity contribution in [3.63, 3.8) is 0 Å². The minimum atomic E-state index is -0.704. The summed E-state index contributed by atoms with van der Waals surface area (Å²) in [5, 5.41) is 16.1. The first-order valence-electron chi connectivity index (χ1n) is 8.41. The van der Waals surface area contributed by atoms with Gasteiger partial charge in [0.1, 0.15) is 18.8 Å². The van der Waals surface area contributed by atoms with Crippen LogP contribution >= 0.6 is 0 Å². The molecule has 3 amide bonds. The number of tetrazole rings is 1. The Morgan fingerprint density at radius 2 is 2.22 bits per heavy atom. The van der Waals surface area contributed by atoms with Crippen LogP contribution in [0, 0.1) is 0 Å². The number of likely N-dealkylation sites (N-methyl/N-ethyl adjacent to an activating group) is 1. The predicted molar refractivity (Wildman–Crippen MR) is 91.0 cm³/mol. The molecular weight excluding hydrogens is 356 g/mol. The number of hydrogen-bond donors (Lipinski definition) is 3. The van der Waals surface area contributed by atoms with Crippen molar-refractivity contribution in [3.8, 4) is 0 Å². The van der Waals surface area contributed by atoms with E-state index in [1.54, 1.807) is 6.92 Å². The lowest BCUT2D eigenvalue weighted by atomic mass is 10.1. The standard InChI is InChI=1S/C15H20N8O4/c1-2-17-14(26)11-5-10(18-13(25)9-3-4-27-8-9)6-22(11)12(24)7-23-15(16)19-20-21-23/h3-4,8,10-11H,2,5-7H2,1H3,(H,17,26)(H,18,25)(H2,16,19,21)/t10-,11+/m1/s1. The van der Waals surface area contributed by atoms with Crippen molar-refractivity contribution in [1.29, 1.82) is 0 Å². The summed E-state index contributed by atoms with van der Waals surface area (Å²) in [5.41, 5.74) is 5.96. The smallest absolute Gasteiger partial charge is 0.254 e. The lowest BCUT2D eigenvalue weighted by molar-refractivity contribution is -0.139. The van der Waals surface area contributed by atoms with Gasteiger partial charge < -0.3 is 25.7 Å². The van der Waals surface area contributed by atoms with Gasteiger partial charge in [0, 0.05) is 19.1 Å². The van der Waals surface area contributed by atoms with Crippen molar-refractivity contribution in [2.45, 2.75) is 32.0 Å². The number of rotatable bonds is 6. The lowest BCUT2D eigenvalue weighted by Gasteiger charge is -2.23. The molecule has 1 aliphatic rings. The summed E-state index contributed by atoms with van der Waals surface area (Å²) < 4.78 is 6.05. The number of hydrogen-bond acceptors (Lipinski definition) is 8. The van der Waals surface area contributed by atoms with Crippen LogP contribution in [-0.4, -0.2) is 68.0 Å². The molecule has 0 aromatic carbocycles. The first kappa shape index (κ1) is 18.4. The van der Waals surface area contributed by atoms with E-state index >= 15 is 0 Å². The fraction of sp³-hybridized carbons (Fsp3) is 0.467. The lowest BCUT2D eigenvalue weighted by Crippen LogP contribution is -2.47. The number of nitrogens with two attached hydrogens (primary N) is 1. The number of likely N-dealkylation sites (tertiary alicyclic amines) is 1. The molecule has 0 unspecified atom stereocenters. The highest BCUT2D eigenvalue weighted by atomic mass is 16.3. The van der Waals surface area contributed by atoms with E-state index in [1.807, 2.05) is 0 Å². The van der Waals surface area contributed by atoms with Gasteiger partial charge in [-0.1, -0.05) is 5.10 Å². The largest absolute Gasteiger partial charge is 0.472 e. The Balaban J connectivity index is 1.71. The zero-order valence-electron chi connectivity index (χ0n) is 14.7. The molecule has 12 nitrogen and oxygen atoms in total. The highest BCUT2D eigenvalue weighted by Crippen LogP contribution is 2.20. The van der Waals surface area contributed by atoms with Gasteiger partial charge in [-0.3, -0.25) is 14.4 Å². The van der Waals surface area contributed by atoms with E-state index in [0.717, 1.165) is 4.68 Å². The number of nitrogens with zero attached hydrogens (tertiary/aromatic N) is 5.